The number of hydrogen-bond acceptors (Lipinski definition) is 5. The number of anilines is 1. The summed E-state index contributed by atoms with van der Waals surface area (Å²) in [6.07, 6.45) is 5.84. The number of ether oxygens (including phenoxy) is 1. The van der Waals surface area contributed by atoms with Gasteiger partial charge in [0.2, 0.25) is 0 Å². The summed E-state index contributed by atoms with van der Waals surface area (Å²) in [7, 11) is 0. The quantitative estimate of drug-likeness (QED) is 0.885. The highest BCUT2D eigenvalue weighted by Crippen LogP contribution is 2.36. The maximum atomic E-state index is 14.1. The van der Waals surface area contributed by atoms with Crippen LogP contribution in [-0.2, 0) is 4.74 Å². The summed E-state index contributed by atoms with van der Waals surface area (Å²) in [5, 5.41) is 0. The van der Waals surface area contributed by atoms with E-state index < -0.39 is 11.4 Å². The highest BCUT2D eigenvalue weighted by Gasteiger charge is 2.39. The Labute approximate surface area is 152 Å². The topological polar surface area (TPSA) is 86.3 Å². The zero-order valence-electron chi connectivity index (χ0n) is 15.4. The largest absolute Gasteiger partial charge is 0.444 e. The molecule has 0 saturated carbocycles. The average molecular weight is 361 g/mol. The van der Waals surface area contributed by atoms with Crippen LogP contribution in [0.4, 0.5) is 14.9 Å². The molecule has 140 valence electrons. The van der Waals surface area contributed by atoms with Gasteiger partial charge in [0.05, 0.1) is 23.6 Å². The van der Waals surface area contributed by atoms with Gasteiger partial charge >= 0.3 is 6.09 Å². The van der Waals surface area contributed by atoms with E-state index in [0.29, 0.717) is 5.69 Å². The van der Waals surface area contributed by atoms with Gasteiger partial charge in [-0.05, 0) is 40.5 Å². The molecule has 0 bridgehead atoms. The molecule has 0 aliphatic carbocycles. The molecule has 3 rings (SSSR count). The molecule has 1 aliphatic rings. The van der Waals surface area contributed by atoms with Crippen molar-refractivity contribution in [1.82, 2.24) is 19.4 Å². The Morgan fingerprint density at radius 2 is 2.08 bits per heavy atom. The van der Waals surface area contributed by atoms with E-state index in [4.69, 9.17) is 10.5 Å². The molecule has 7 nitrogen and oxygen atoms in total. The number of nitrogens with two attached hydrogens (primary N) is 1. The first kappa shape index (κ1) is 18.2. The molecule has 26 heavy (non-hydrogen) atoms. The summed E-state index contributed by atoms with van der Waals surface area (Å²) in [5.41, 5.74) is 5.91. The summed E-state index contributed by atoms with van der Waals surface area (Å²) >= 11 is 0. The SMILES string of the molecule is C[C@@H]1CC[C@@H](c2cn(-c3ncc(N)cc3F)cn2)N1C(=O)OC(C)(C)C. The zero-order valence-corrected chi connectivity index (χ0v) is 15.4. The van der Waals surface area contributed by atoms with Gasteiger partial charge in [-0.2, -0.15) is 0 Å². The standard InChI is InChI=1S/C18H24FN5O2/c1-11-5-6-15(24(11)17(25)26-18(2,3)4)14-9-23(10-22-14)16-13(19)7-12(20)8-21-16/h7-11,15H,5-6,20H2,1-4H3/t11-,15+/m1/s1. The van der Waals surface area contributed by atoms with E-state index in [0.717, 1.165) is 12.8 Å². The van der Waals surface area contributed by atoms with Gasteiger partial charge in [0.1, 0.15) is 11.9 Å². The van der Waals surface area contributed by atoms with Crippen LogP contribution in [0.25, 0.3) is 5.82 Å². The predicted octanol–water partition coefficient (Wildman–Crippen LogP) is 3.45. The second kappa shape index (κ2) is 6.59. The van der Waals surface area contributed by atoms with E-state index in [1.165, 1.54) is 23.2 Å². The Bertz CT molecular complexity index is 814. The van der Waals surface area contributed by atoms with E-state index in [1.54, 1.807) is 11.1 Å². The number of carbonyl (C=O) groups is 1. The van der Waals surface area contributed by atoms with Gasteiger partial charge in [-0.3, -0.25) is 9.47 Å². The van der Waals surface area contributed by atoms with E-state index in [-0.39, 0.29) is 29.7 Å². The Kier molecular flexibility index (Phi) is 4.60. The van der Waals surface area contributed by atoms with Gasteiger partial charge < -0.3 is 10.5 Å². The van der Waals surface area contributed by atoms with Crippen molar-refractivity contribution in [1.29, 1.82) is 0 Å². The molecule has 2 aromatic rings. The van der Waals surface area contributed by atoms with Gasteiger partial charge in [0.15, 0.2) is 11.6 Å². The molecule has 2 aromatic heterocycles. The number of carbonyl (C=O) groups excluding carboxylic acids is 1. The molecule has 1 aliphatic heterocycles. The van der Waals surface area contributed by atoms with Crippen LogP contribution in [-0.4, -0.2) is 37.2 Å². The van der Waals surface area contributed by atoms with Crippen molar-refractivity contribution >= 4 is 11.8 Å². The Morgan fingerprint density at radius 3 is 2.73 bits per heavy atom. The van der Waals surface area contributed by atoms with Crippen LogP contribution in [0.1, 0.15) is 52.3 Å². The molecule has 0 spiro atoms. The van der Waals surface area contributed by atoms with Crippen LogP contribution in [0.5, 0.6) is 0 Å². The molecule has 8 heteroatoms. The van der Waals surface area contributed by atoms with Crippen LogP contribution < -0.4 is 5.73 Å². The lowest BCUT2D eigenvalue weighted by Gasteiger charge is -2.30. The van der Waals surface area contributed by atoms with Crippen molar-refractivity contribution in [2.75, 3.05) is 5.73 Å². The molecular weight excluding hydrogens is 337 g/mol. The first-order valence-electron chi connectivity index (χ1n) is 8.62. The number of nitrogens with zero attached hydrogens (tertiary/aromatic N) is 4. The van der Waals surface area contributed by atoms with E-state index in [2.05, 4.69) is 9.97 Å². The molecule has 2 atom stereocenters. The minimum atomic E-state index is -0.569. The molecular formula is C18H24FN5O2. The number of aromatic nitrogens is 3. The lowest BCUT2D eigenvalue weighted by molar-refractivity contribution is 0.0155. The van der Waals surface area contributed by atoms with E-state index in [9.17, 15) is 9.18 Å². The van der Waals surface area contributed by atoms with Gasteiger partial charge in [0.25, 0.3) is 0 Å². The number of pyridine rings is 1. The number of likely N-dealkylation sites (tertiary alicyclic amines) is 1. The Hall–Kier alpha value is -2.64. The number of nitrogen functional groups attached to an aromatic ring is 1. The smallest absolute Gasteiger partial charge is 0.411 e. The minimum Gasteiger partial charge on any atom is -0.444 e. The van der Waals surface area contributed by atoms with Crippen molar-refractivity contribution < 1.29 is 13.9 Å². The van der Waals surface area contributed by atoms with Gasteiger partial charge in [-0.25, -0.2) is 19.2 Å². The molecule has 1 fully saturated rings. The van der Waals surface area contributed by atoms with Gasteiger partial charge in [0, 0.05) is 18.3 Å². The summed E-state index contributed by atoms with van der Waals surface area (Å²) in [6, 6.07) is 1.05. The normalized spacial score (nSPS) is 20.4. The van der Waals surface area contributed by atoms with Crippen molar-refractivity contribution in [2.45, 2.75) is 58.2 Å². The third-order valence-corrected chi connectivity index (χ3v) is 4.30. The second-order valence-corrected chi connectivity index (χ2v) is 7.61. The van der Waals surface area contributed by atoms with E-state index >= 15 is 0 Å². The Balaban J connectivity index is 1.86. The molecule has 1 amide bonds. The fourth-order valence-electron chi connectivity index (χ4n) is 3.16. The van der Waals surface area contributed by atoms with Crippen molar-refractivity contribution in [3.05, 3.63) is 36.3 Å². The highest BCUT2D eigenvalue weighted by atomic mass is 19.1. The second-order valence-electron chi connectivity index (χ2n) is 7.61. The zero-order chi connectivity index (χ0) is 19.1. The van der Waals surface area contributed by atoms with Crippen LogP contribution in [0.15, 0.2) is 24.8 Å². The van der Waals surface area contributed by atoms with Crippen LogP contribution >= 0.6 is 0 Å². The fraction of sp³-hybridized carbons (Fsp3) is 0.500. The first-order valence-corrected chi connectivity index (χ1v) is 8.62. The summed E-state index contributed by atoms with van der Waals surface area (Å²) in [6.45, 7) is 7.50. The number of imidazole rings is 1. The lowest BCUT2D eigenvalue weighted by Crippen LogP contribution is -2.40. The third-order valence-electron chi connectivity index (χ3n) is 4.30. The van der Waals surface area contributed by atoms with Gasteiger partial charge in [-0.1, -0.05) is 0 Å². The molecule has 0 unspecified atom stereocenters. The Morgan fingerprint density at radius 1 is 1.35 bits per heavy atom. The number of hydrogen-bond donors (Lipinski definition) is 1. The average Bonchev–Trinajstić information content (AvgIpc) is 3.12. The maximum Gasteiger partial charge on any atom is 0.411 e. The molecule has 2 N–H and O–H groups in total. The maximum absolute atomic E-state index is 14.1. The van der Waals surface area contributed by atoms with Crippen molar-refractivity contribution in [3.8, 4) is 5.82 Å². The summed E-state index contributed by atoms with van der Waals surface area (Å²) in [5.74, 6) is -0.412. The molecule has 1 saturated heterocycles. The lowest BCUT2D eigenvalue weighted by atomic mass is 10.1. The van der Waals surface area contributed by atoms with Crippen LogP contribution in [0, 0.1) is 5.82 Å². The van der Waals surface area contributed by atoms with Crippen molar-refractivity contribution in [2.24, 2.45) is 0 Å². The van der Waals surface area contributed by atoms with Crippen molar-refractivity contribution in [3.63, 3.8) is 0 Å². The number of rotatable bonds is 2. The number of amides is 1. The monoisotopic (exact) mass is 361 g/mol. The predicted molar refractivity (Wildman–Crippen MR) is 95.2 cm³/mol. The molecule has 0 aromatic carbocycles. The highest BCUT2D eigenvalue weighted by molar-refractivity contribution is 5.69. The fourth-order valence-corrected chi connectivity index (χ4v) is 3.16. The first-order chi connectivity index (χ1) is 12.2. The van der Waals surface area contributed by atoms with Crippen LogP contribution in [0.3, 0.4) is 0 Å². The minimum absolute atomic E-state index is 0.0476. The summed E-state index contributed by atoms with van der Waals surface area (Å²) < 4.78 is 21.1. The molecule has 0 radical (unpaired) electrons. The summed E-state index contributed by atoms with van der Waals surface area (Å²) in [4.78, 5) is 22.7. The third kappa shape index (κ3) is 3.63. The molecule has 3 heterocycles. The van der Waals surface area contributed by atoms with Gasteiger partial charge in [-0.15, -0.1) is 0 Å². The van der Waals surface area contributed by atoms with E-state index in [1.807, 2.05) is 27.7 Å². The number of halogens is 1. The van der Waals surface area contributed by atoms with Crippen LogP contribution in [0.2, 0.25) is 0 Å².